The normalized spacial score (nSPS) is 10.6. The number of thiazole rings is 1. The summed E-state index contributed by atoms with van der Waals surface area (Å²) in [5.74, 6) is -0.336. The molecule has 0 spiro atoms. The second-order valence-corrected chi connectivity index (χ2v) is 4.71. The molecule has 0 unspecified atom stereocenters. The van der Waals surface area contributed by atoms with Gasteiger partial charge in [-0.05, 0) is 19.1 Å². The molecule has 17 heavy (non-hydrogen) atoms. The molecule has 1 N–H and O–H groups in total. The first-order valence-electron chi connectivity index (χ1n) is 5.05. The number of hydrogen-bond acceptors (Lipinski definition) is 4. The fourth-order valence-electron chi connectivity index (χ4n) is 1.65. The lowest BCUT2D eigenvalue weighted by Gasteiger charge is -2.04. The van der Waals surface area contributed by atoms with Crippen LogP contribution >= 0.6 is 11.3 Å². The van der Waals surface area contributed by atoms with E-state index in [2.05, 4.69) is 0 Å². The van der Waals surface area contributed by atoms with Gasteiger partial charge in [0.2, 0.25) is 0 Å². The summed E-state index contributed by atoms with van der Waals surface area (Å²) in [5, 5.41) is 8.66. The molecule has 0 aliphatic heterocycles. The van der Waals surface area contributed by atoms with Crippen LogP contribution in [0.1, 0.15) is 11.3 Å². The highest BCUT2D eigenvalue weighted by molar-refractivity contribution is 7.09. The van der Waals surface area contributed by atoms with Crippen molar-refractivity contribution in [1.29, 1.82) is 0 Å². The average molecular weight is 253 g/mol. The molecular formula is C11H11NO4S. The van der Waals surface area contributed by atoms with Gasteiger partial charge in [0.25, 0.3) is 0 Å². The van der Waals surface area contributed by atoms with Gasteiger partial charge < -0.3 is 9.52 Å². The van der Waals surface area contributed by atoms with Gasteiger partial charge in [-0.25, -0.2) is 0 Å². The van der Waals surface area contributed by atoms with E-state index < -0.39 is 5.97 Å². The molecule has 0 saturated heterocycles. The molecule has 0 bridgehead atoms. The number of carboxylic acids is 1. The first-order valence-corrected chi connectivity index (χ1v) is 5.87. The third-order valence-corrected chi connectivity index (χ3v) is 3.26. The van der Waals surface area contributed by atoms with E-state index in [1.165, 1.54) is 10.8 Å². The van der Waals surface area contributed by atoms with Crippen molar-refractivity contribution in [2.45, 2.75) is 19.9 Å². The third-order valence-electron chi connectivity index (χ3n) is 2.37. The quantitative estimate of drug-likeness (QED) is 0.903. The average Bonchev–Trinajstić information content (AvgIpc) is 2.83. The monoisotopic (exact) mass is 253 g/mol. The van der Waals surface area contributed by atoms with E-state index in [0.29, 0.717) is 11.5 Å². The summed E-state index contributed by atoms with van der Waals surface area (Å²) in [5.41, 5.74) is 0.672. The number of aliphatic carboxylic acids is 1. The van der Waals surface area contributed by atoms with E-state index in [-0.39, 0.29) is 17.8 Å². The van der Waals surface area contributed by atoms with Gasteiger partial charge >= 0.3 is 10.8 Å². The van der Waals surface area contributed by atoms with Crippen LogP contribution in [0.2, 0.25) is 0 Å². The molecule has 0 fully saturated rings. The summed E-state index contributed by atoms with van der Waals surface area (Å²) in [6.07, 6.45) is 1.45. The van der Waals surface area contributed by atoms with Crippen molar-refractivity contribution in [2.75, 3.05) is 0 Å². The van der Waals surface area contributed by atoms with Crippen molar-refractivity contribution in [3.8, 4) is 11.5 Å². The molecular weight excluding hydrogens is 242 g/mol. The van der Waals surface area contributed by atoms with Crippen molar-refractivity contribution < 1.29 is 14.3 Å². The summed E-state index contributed by atoms with van der Waals surface area (Å²) < 4.78 is 6.71. The molecule has 0 amide bonds. The van der Waals surface area contributed by atoms with Gasteiger partial charge in [-0.3, -0.25) is 14.2 Å². The van der Waals surface area contributed by atoms with Crippen LogP contribution in [0.5, 0.6) is 0 Å². The Bertz CT molecular complexity index is 579. The lowest BCUT2D eigenvalue weighted by Crippen LogP contribution is -2.16. The molecule has 2 aromatic rings. The first kappa shape index (κ1) is 11.7. The first-order chi connectivity index (χ1) is 8.09. The van der Waals surface area contributed by atoms with E-state index in [1.807, 2.05) is 6.92 Å². The van der Waals surface area contributed by atoms with Crippen LogP contribution in [0.3, 0.4) is 0 Å². The summed E-state index contributed by atoms with van der Waals surface area (Å²) in [6, 6.07) is 3.49. The Kier molecular flexibility index (Phi) is 3.14. The Morgan fingerprint density at radius 1 is 1.59 bits per heavy atom. The zero-order valence-electron chi connectivity index (χ0n) is 9.17. The largest absolute Gasteiger partial charge is 0.481 e. The lowest BCUT2D eigenvalue weighted by molar-refractivity contribution is -0.137. The molecule has 2 aromatic heterocycles. The van der Waals surface area contributed by atoms with Crippen LogP contribution < -0.4 is 4.87 Å². The number of aryl methyl sites for hydroxylation is 1. The lowest BCUT2D eigenvalue weighted by atomic mass is 10.3. The van der Waals surface area contributed by atoms with Gasteiger partial charge in [0.1, 0.15) is 5.69 Å². The van der Waals surface area contributed by atoms with E-state index in [4.69, 9.17) is 9.52 Å². The molecule has 0 aliphatic rings. The smallest absolute Gasteiger partial charge is 0.307 e. The highest BCUT2D eigenvalue weighted by Gasteiger charge is 2.16. The minimum atomic E-state index is -0.925. The number of hydrogen-bond donors (Lipinski definition) is 1. The highest BCUT2D eigenvalue weighted by atomic mass is 32.1. The molecule has 2 heterocycles. The van der Waals surface area contributed by atoms with Gasteiger partial charge in [0, 0.05) is 11.4 Å². The van der Waals surface area contributed by atoms with Crippen LogP contribution in [0.15, 0.2) is 27.6 Å². The van der Waals surface area contributed by atoms with Gasteiger partial charge in [-0.1, -0.05) is 11.3 Å². The van der Waals surface area contributed by atoms with Crippen molar-refractivity contribution in [2.24, 2.45) is 0 Å². The van der Waals surface area contributed by atoms with Gasteiger partial charge in [-0.15, -0.1) is 0 Å². The zero-order chi connectivity index (χ0) is 12.4. The second kappa shape index (κ2) is 4.58. The molecule has 2 rings (SSSR count). The van der Waals surface area contributed by atoms with Gasteiger partial charge in [0.05, 0.1) is 12.7 Å². The molecule has 0 aromatic carbocycles. The number of rotatable bonds is 4. The van der Waals surface area contributed by atoms with E-state index >= 15 is 0 Å². The molecule has 0 atom stereocenters. The van der Waals surface area contributed by atoms with E-state index in [9.17, 15) is 9.59 Å². The fraction of sp³-hybridized carbons (Fsp3) is 0.273. The standard InChI is InChI=1S/C11H11NO4S/c1-7-10(8-3-2-6-16-8)12(11(15)17-7)5-4-9(13)14/h2-3,6H,4-5H2,1H3,(H,13,14). The van der Waals surface area contributed by atoms with Crippen molar-refractivity contribution in [3.05, 3.63) is 32.9 Å². The number of aromatic nitrogens is 1. The molecule has 6 heteroatoms. The van der Waals surface area contributed by atoms with E-state index in [1.54, 1.807) is 12.1 Å². The van der Waals surface area contributed by atoms with Crippen molar-refractivity contribution in [1.82, 2.24) is 4.57 Å². The number of furan rings is 1. The summed E-state index contributed by atoms with van der Waals surface area (Å²) in [4.78, 5) is 22.9. The molecule has 0 radical (unpaired) electrons. The fourth-order valence-corrected chi connectivity index (χ4v) is 2.51. The number of nitrogens with zero attached hydrogens (tertiary/aromatic N) is 1. The van der Waals surface area contributed by atoms with Crippen molar-refractivity contribution >= 4 is 17.3 Å². The minimum Gasteiger partial charge on any atom is -0.481 e. The topological polar surface area (TPSA) is 72.4 Å². The SMILES string of the molecule is Cc1sc(=O)n(CCC(=O)O)c1-c1ccco1. The van der Waals surface area contributed by atoms with Crippen LogP contribution in [-0.2, 0) is 11.3 Å². The number of carbonyl (C=O) groups is 1. The predicted molar refractivity (Wildman–Crippen MR) is 63.3 cm³/mol. The van der Waals surface area contributed by atoms with Crippen molar-refractivity contribution in [3.63, 3.8) is 0 Å². The molecule has 90 valence electrons. The maximum absolute atomic E-state index is 11.7. The minimum absolute atomic E-state index is 0.0796. The highest BCUT2D eigenvalue weighted by Crippen LogP contribution is 2.25. The summed E-state index contributed by atoms with van der Waals surface area (Å²) >= 11 is 1.10. The maximum atomic E-state index is 11.7. The Balaban J connectivity index is 2.44. The molecule has 0 saturated carbocycles. The summed E-state index contributed by atoms with van der Waals surface area (Å²) in [6.45, 7) is 1.98. The van der Waals surface area contributed by atoms with Crippen LogP contribution in [0.25, 0.3) is 11.5 Å². The zero-order valence-corrected chi connectivity index (χ0v) is 9.99. The van der Waals surface area contributed by atoms with Crippen LogP contribution in [-0.4, -0.2) is 15.6 Å². The Morgan fingerprint density at radius 2 is 2.35 bits per heavy atom. The summed E-state index contributed by atoms with van der Waals surface area (Å²) in [7, 11) is 0. The Morgan fingerprint density at radius 3 is 2.94 bits per heavy atom. The number of carboxylic acid groups (broad SMARTS) is 1. The maximum Gasteiger partial charge on any atom is 0.307 e. The predicted octanol–water partition coefficient (Wildman–Crippen LogP) is 1.95. The second-order valence-electron chi connectivity index (χ2n) is 3.55. The van der Waals surface area contributed by atoms with Gasteiger partial charge in [0.15, 0.2) is 5.76 Å². The Labute approximate surface area is 101 Å². The molecule has 5 nitrogen and oxygen atoms in total. The Hall–Kier alpha value is -1.82. The van der Waals surface area contributed by atoms with E-state index in [0.717, 1.165) is 16.2 Å². The van der Waals surface area contributed by atoms with Crippen LogP contribution in [0, 0.1) is 6.92 Å². The van der Waals surface area contributed by atoms with Crippen LogP contribution in [0.4, 0.5) is 0 Å². The third kappa shape index (κ3) is 2.31. The molecule has 0 aliphatic carbocycles. The van der Waals surface area contributed by atoms with Gasteiger partial charge in [-0.2, -0.15) is 0 Å².